The van der Waals surface area contributed by atoms with Crippen LogP contribution in [-0.4, -0.2) is 37.2 Å². The summed E-state index contributed by atoms with van der Waals surface area (Å²) in [6.45, 7) is 7.70. The number of aryl methyl sites for hydroxylation is 3. The molecule has 0 radical (unpaired) electrons. The highest BCUT2D eigenvalue weighted by molar-refractivity contribution is 14.0. The lowest BCUT2D eigenvalue weighted by molar-refractivity contribution is 0.222. The molecule has 0 saturated carbocycles. The quantitative estimate of drug-likeness (QED) is 0.256. The minimum Gasteiger partial charge on any atom is -0.489 e. The number of nitrogens with zero attached hydrogens (tertiary/aromatic N) is 2. The Labute approximate surface area is 177 Å². The third-order valence-corrected chi connectivity index (χ3v) is 4.76. The molecule has 0 amide bonds. The number of aromatic nitrogens is 1. The van der Waals surface area contributed by atoms with E-state index >= 15 is 0 Å². The molecule has 2 aromatic rings. The van der Waals surface area contributed by atoms with Crippen LogP contribution in [0.4, 0.5) is 0 Å². The molecule has 0 spiro atoms. The zero-order valence-corrected chi connectivity index (χ0v) is 19.1. The molecule has 0 fully saturated rings. The van der Waals surface area contributed by atoms with Crippen LogP contribution in [0.5, 0.6) is 5.75 Å². The van der Waals surface area contributed by atoms with Crippen molar-refractivity contribution in [1.29, 1.82) is 0 Å². The van der Waals surface area contributed by atoms with E-state index < -0.39 is 0 Å². The summed E-state index contributed by atoms with van der Waals surface area (Å²) >= 11 is 1.73. The zero-order chi connectivity index (χ0) is 18.1. The van der Waals surface area contributed by atoms with E-state index in [4.69, 9.17) is 4.74 Å². The van der Waals surface area contributed by atoms with Gasteiger partial charge in [-0.05, 0) is 38.8 Å². The van der Waals surface area contributed by atoms with Gasteiger partial charge in [-0.15, -0.1) is 35.3 Å². The summed E-state index contributed by atoms with van der Waals surface area (Å²) in [5.41, 5.74) is 2.25. The van der Waals surface area contributed by atoms with E-state index in [9.17, 15) is 0 Å². The third kappa shape index (κ3) is 7.90. The van der Waals surface area contributed by atoms with Crippen LogP contribution in [0.15, 0.2) is 34.6 Å². The average molecular weight is 488 g/mol. The standard InChI is InChI=1S/C19H28N4OS.HI/c1-14-8-5-6-9-17(14)24-16(3)12-22-19(20-4)21-11-7-10-18-23-15(2)13-25-18;/h5-6,8-9,13,16H,7,10-12H2,1-4H3,(H2,20,21,22);1H. The van der Waals surface area contributed by atoms with Crippen LogP contribution in [0.1, 0.15) is 29.6 Å². The Kier molecular flexibility index (Phi) is 10.6. The van der Waals surface area contributed by atoms with Gasteiger partial charge in [-0.2, -0.15) is 0 Å². The number of thiazole rings is 1. The Hall–Kier alpha value is -1.35. The van der Waals surface area contributed by atoms with Gasteiger partial charge in [-0.1, -0.05) is 18.2 Å². The van der Waals surface area contributed by atoms with Gasteiger partial charge in [0.2, 0.25) is 0 Å². The molecule has 1 heterocycles. The molecule has 0 aliphatic rings. The largest absolute Gasteiger partial charge is 0.489 e. The Morgan fingerprint density at radius 3 is 2.69 bits per heavy atom. The molecule has 2 N–H and O–H groups in total. The van der Waals surface area contributed by atoms with Gasteiger partial charge in [0.25, 0.3) is 0 Å². The summed E-state index contributed by atoms with van der Waals surface area (Å²) in [7, 11) is 1.78. The van der Waals surface area contributed by atoms with E-state index in [0.29, 0.717) is 6.54 Å². The van der Waals surface area contributed by atoms with E-state index in [-0.39, 0.29) is 30.1 Å². The predicted octanol–water partition coefficient (Wildman–Crippen LogP) is 3.94. The zero-order valence-electron chi connectivity index (χ0n) is 15.9. The maximum atomic E-state index is 5.97. The molecule has 2 rings (SSSR count). The second kappa shape index (κ2) is 12.1. The monoisotopic (exact) mass is 488 g/mol. The Balaban J connectivity index is 0.00000338. The van der Waals surface area contributed by atoms with Gasteiger partial charge in [0, 0.05) is 31.1 Å². The molecule has 1 unspecified atom stereocenters. The number of hydrogen-bond donors (Lipinski definition) is 2. The van der Waals surface area contributed by atoms with Crippen molar-refractivity contribution in [2.75, 3.05) is 20.1 Å². The number of hydrogen-bond acceptors (Lipinski definition) is 4. The molecule has 1 atom stereocenters. The van der Waals surface area contributed by atoms with Crippen LogP contribution in [0.25, 0.3) is 0 Å². The lowest BCUT2D eigenvalue weighted by Gasteiger charge is -2.18. The van der Waals surface area contributed by atoms with Crippen LogP contribution in [0.3, 0.4) is 0 Å². The molecule has 0 aliphatic heterocycles. The summed E-state index contributed by atoms with van der Waals surface area (Å²) in [6, 6.07) is 8.07. The first-order chi connectivity index (χ1) is 12.1. The van der Waals surface area contributed by atoms with E-state index in [1.165, 1.54) is 5.01 Å². The molecule has 1 aromatic heterocycles. The number of benzene rings is 1. The van der Waals surface area contributed by atoms with Gasteiger partial charge in [-0.25, -0.2) is 4.98 Å². The maximum Gasteiger partial charge on any atom is 0.191 e. The topological polar surface area (TPSA) is 58.5 Å². The van der Waals surface area contributed by atoms with E-state index in [2.05, 4.69) is 45.9 Å². The Morgan fingerprint density at radius 2 is 2.04 bits per heavy atom. The maximum absolute atomic E-state index is 5.97. The van der Waals surface area contributed by atoms with Crippen LogP contribution in [0.2, 0.25) is 0 Å². The van der Waals surface area contributed by atoms with Crippen molar-refractivity contribution in [3.63, 3.8) is 0 Å². The average Bonchev–Trinajstić information content (AvgIpc) is 3.01. The highest BCUT2D eigenvalue weighted by Gasteiger charge is 2.07. The van der Waals surface area contributed by atoms with Gasteiger partial charge in [-0.3, -0.25) is 4.99 Å². The summed E-state index contributed by atoms with van der Waals surface area (Å²) in [5.74, 6) is 1.73. The van der Waals surface area contributed by atoms with Gasteiger partial charge >= 0.3 is 0 Å². The number of halogens is 1. The Bertz CT molecular complexity index is 690. The first kappa shape index (κ1) is 22.7. The second-order valence-electron chi connectivity index (χ2n) is 6.06. The number of ether oxygens (including phenoxy) is 1. The molecule has 0 bridgehead atoms. The van der Waals surface area contributed by atoms with Crippen molar-refractivity contribution in [3.05, 3.63) is 45.9 Å². The van der Waals surface area contributed by atoms with Crippen molar-refractivity contribution in [2.45, 2.75) is 39.7 Å². The van der Waals surface area contributed by atoms with E-state index in [1.54, 1.807) is 18.4 Å². The van der Waals surface area contributed by atoms with Crippen LogP contribution >= 0.6 is 35.3 Å². The van der Waals surface area contributed by atoms with Crippen molar-refractivity contribution < 1.29 is 4.74 Å². The Morgan fingerprint density at radius 1 is 1.27 bits per heavy atom. The lowest BCUT2D eigenvalue weighted by atomic mass is 10.2. The highest BCUT2D eigenvalue weighted by Crippen LogP contribution is 2.17. The second-order valence-corrected chi connectivity index (χ2v) is 7.00. The smallest absolute Gasteiger partial charge is 0.191 e. The van der Waals surface area contributed by atoms with Crippen molar-refractivity contribution in [3.8, 4) is 5.75 Å². The molecule has 5 nitrogen and oxygen atoms in total. The molecular weight excluding hydrogens is 459 g/mol. The molecule has 0 aliphatic carbocycles. The summed E-state index contributed by atoms with van der Waals surface area (Å²) in [6.07, 6.45) is 2.08. The van der Waals surface area contributed by atoms with Crippen LogP contribution < -0.4 is 15.4 Å². The highest BCUT2D eigenvalue weighted by atomic mass is 127. The van der Waals surface area contributed by atoms with E-state index in [0.717, 1.165) is 42.4 Å². The molecule has 144 valence electrons. The fourth-order valence-electron chi connectivity index (χ4n) is 2.37. The number of nitrogens with one attached hydrogen (secondary N) is 2. The fourth-order valence-corrected chi connectivity index (χ4v) is 3.19. The van der Waals surface area contributed by atoms with Gasteiger partial charge in [0.05, 0.1) is 11.6 Å². The van der Waals surface area contributed by atoms with Crippen molar-refractivity contribution in [1.82, 2.24) is 15.6 Å². The molecule has 26 heavy (non-hydrogen) atoms. The van der Waals surface area contributed by atoms with E-state index in [1.807, 2.05) is 25.1 Å². The number of para-hydroxylation sites is 1. The molecular formula is C19H29IN4OS. The van der Waals surface area contributed by atoms with Gasteiger partial charge in [0.15, 0.2) is 5.96 Å². The molecule has 0 saturated heterocycles. The van der Waals surface area contributed by atoms with Crippen molar-refractivity contribution >= 4 is 41.3 Å². The number of aliphatic imine (C=N–C) groups is 1. The summed E-state index contributed by atoms with van der Waals surface area (Å²) < 4.78 is 5.97. The third-order valence-electron chi connectivity index (χ3n) is 3.73. The van der Waals surface area contributed by atoms with Crippen LogP contribution in [-0.2, 0) is 6.42 Å². The molecule has 7 heteroatoms. The normalized spacial score (nSPS) is 12.2. The first-order valence-corrected chi connectivity index (χ1v) is 9.54. The number of guanidine groups is 1. The molecule has 1 aromatic carbocycles. The lowest BCUT2D eigenvalue weighted by Crippen LogP contribution is -2.42. The van der Waals surface area contributed by atoms with Crippen LogP contribution in [0, 0.1) is 13.8 Å². The summed E-state index contributed by atoms with van der Waals surface area (Å²) in [5, 5.41) is 9.94. The van der Waals surface area contributed by atoms with Gasteiger partial charge in [0.1, 0.15) is 11.9 Å². The SMILES string of the molecule is CN=C(NCCCc1nc(C)cs1)NCC(C)Oc1ccccc1C.I. The minimum atomic E-state index is 0. The first-order valence-electron chi connectivity index (χ1n) is 8.66. The fraction of sp³-hybridized carbons (Fsp3) is 0.474. The predicted molar refractivity (Wildman–Crippen MR) is 121 cm³/mol. The van der Waals surface area contributed by atoms with Crippen molar-refractivity contribution in [2.24, 2.45) is 4.99 Å². The number of rotatable bonds is 8. The van der Waals surface area contributed by atoms with Gasteiger partial charge < -0.3 is 15.4 Å². The summed E-state index contributed by atoms with van der Waals surface area (Å²) in [4.78, 5) is 8.74. The minimum absolute atomic E-state index is 0.